The summed E-state index contributed by atoms with van der Waals surface area (Å²) in [6.45, 7) is 6.18. The van der Waals surface area contributed by atoms with Crippen LogP contribution >= 0.6 is 0 Å². The molecule has 4 nitrogen and oxygen atoms in total. The van der Waals surface area contributed by atoms with Gasteiger partial charge in [0.05, 0.1) is 7.11 Å². The third kappa shape index (κ3) is 1.21. The van der Waals surface area contributed by atoms with Gasteiger partial charge in [-0.25, -0.2) is 0 Å². The van der Waals surface area contributed by atoms with Gasteiger partial charge < -0.3 is 10.5 Å². The molecule has 4 heteroatoms. The van der Waals surface area contributed by atoms with Crippen molar-refractivity contribution in [3.63, 3.8) is 0 Å². The molecule has 0 aromatic carbocycles. The first-order valence-corrected chi connectivity index (χ1v) is 5.05. The minimum Gasteiger partial charge on any atom is -0.482 e. The number of hydrazone groups is 1. The van der Waals surface area contributed by atoms with E-state index in [0.717, 1.165) is 5.70 Å². The van der Waals surface area contributed by atoms with Crippen LogP contribution in [0.5, 0.6) is 0 Å². The van der Waals surface area contributed by atoms with E-state index in [-0.39, 0.29) is 11.6 Å². The normalized spacial score (nSPS) is 34.3. The lowest BCUT2D eigenvalue weighted by molar-refractivity contribution is 0.213. The Kier molecular flexibility index (Phi) is 2.12. The molecule has 2 N–H and O–H groups in total. The summed E-state index contributed by atoms with van der Waals surface area (Å²) in [6.07, 6.45) is 4.19. The quantitative estimate of drug-likeness (QED) is 0.649. The zero-order chi connectivity index (χ0) is 11.2. The first-order chi connectivity index (χ1) is 7.00. The van der Waals surface area contributed by atoms with Gasteiger partial charge in [-0.3, -0.25) is 5.01 Å². The summed E-state index contributed by atoms with van der Waals surface area (Å²) in [5, 5.41) is 6.36. The Labute approximate surface area is 90.1 Å². The van der Waals surface area contributed by atoms with Crippen LogP contribution < -0.4 is 5.73 Å². The highest BCUT2D eigenvalue weighted by molar-refractivity contribution is 5.85. The largest absolute Gasteiger partial charge is 0.482 e. The van der Waals surface area contributed by atoms with E-state index < -0.39 is 0 Å². The monoisotopic (exact) mass is 207 g/mol. The maximum atomic E-state index is 6.11. The highest BCUT2D eigenvalue weighted by Crippen LogP contribution is 2.36. The van der Waals surface area contributed by atoms with Gasteiger partial charge in [0.25, 0.3) is 0 Å². The SMILES string of the molecule is COC1=NN2C(C)=C(C)C=CC2(C)C1N. The molecule has 15 heavy (non-hydrogen) atoms. The molecule has 0 amide bonds. The molecular formula is C11H17N3O. The van der Waals surface area contributed by atoms with Crippen LogP contribution in [0.4, 0.5) is 0 Å². The predicted octanol–water partition coefficient (Wildman–Crippen LogP) is 1.21. The van der Waals surface area contributed by atoms with Crippen LogP contribution in [0.25, 0.3) is 0 Å². The van der Waals surface area contributed by atoms with Crippen molar-refractivity contribution in [3.05, 3.63) is 23.4 Å². The van der Waals surface area contributed by atoms with Crippen molar-refractivity contribution in [2.75, 3.05) is 7.11 Å². The molecule has 2 unspecified atom stereocenters. The third-order valence-corrected chi connectivity index (χ3v) is 3.32. The summed E-state index contributed by atoms with van der Waals surface area (Å²) in [7, 11) is 1.61. The van der Waals surface area contributed by atoms with E-state index in [1.54, 1.807) is 7.11 Å². The highest BCUT2D eigenvalue weighted by Gasteiger charge is 2.47. The number of ether oxygens (including phenoxy) is 1. The Hall–Kier alpha value is -1.29. The fraction of sp³-hybridized carbons (Fsp3) is 0.545. The van der Waals surface area contributed by atoms with Crippen molar-refractivity contribution in [1.29, 1.82) is 0 Å². The van der Waals surface area contributed by atoms with E-state index in [0.29, 0.717) is 5.90 Å². The van der Waals surface area contributed by atoms with E-state index in [9.17, 15) is 0 Å². The smallest absolute Gasteiger partial charge is 0.226 e. The number of hydrogen-bond donors (Lipinski definition) is 1. The standard InChI is InChI=1S/C11H17N3O/c1-7-5-6-11(3)9(12)10(15-4)13-14(11)8(7)2/h5-6,9H,12H2,1-4H3. The second-order valence-corrected chi connectivity index (χ2v) is 4.26. The van der Waals surface area contributed by atoms with Crippen molar-refractivity contribution in [2.24, 2.45) is 10.8 Å². The van der Waals surface area contributed by atoms with E-state index in [4.69, 9.17) is 10.5 Å². The van der Waals surface area contributed by atoms with Gasteiger partial charge in [0, 0.05) is 5.70 Å². The van der Waals surface area contributed by atoms with Crippen LogP contribution in [0.3, 0.4) is 0 Å². The minimum absolute atomic E-state index is 0.207. The summed E-state index contributed by atoms with van der Waals surface area (Å²) in [6, 6.07) is -0.207. The molecule has 0 aromatic heterocycles. The van der Waals surface area contributed by atoms with Gasteiger partial charge in [-0.05, 0) is 26.3 Å². The van der Waals surface area contributed by atoms with Crippen LogP contribution in [0.2, 0.25) is 0 Å². The zero-order valence-corrected chi connectivity index (χ0v) is 9.61. The molecule has 82 valence electrons. The van der Waals surface area contributed by atoms with E-state index >= 15 is 0 Å². The van der Waals surface area contributed by atoms with Gasteiger partial charge in [-0.15, -0.1) is 5.10 Å². The van der Waals surface area contributed by atoms with Gasteiger partial charge >= 0.3 is 0 Å². The molecule has 0 aliphatic carbocycles. The van der Waals surface area contributed by atoms with Gasteiger partial charge in [0.1, 0.15) is 11.6 Å². The molecule has 0 aromatic rings. The number of hydrogen-bond acceptors (Lipinski definition) is 4. The summed E-state index contributed by atoms with van der Waals surface area (Å²) in [5.74, 6) is 0.594. The third-order valence-electron chi connectivity index (χ3n) is 3.32. The Balaban J connectivity index is 2.47. The molecule has 0 radical (unpaired) electrons. The number of nitrogens with zero attached hydrogens (tertiary/aromatic N) is 2. The summed E-state index contributed by atoms with van der Waals surface area (Å²) < 4.78 is 5.19. The average molecular weight is 207 g/mol. The summed E-state index contributed by atoms with van der Waals surface area (Å²) >= 11 is 0. The lowest BCUT2D eigenvalue weighted by Crippen LogP contribution is -2.53. The molecule has 0 bridgehead atoms. The fourth-order valence-electron chi connectivity index (χ4n) is 2.01. The number of nitrogens with two attached hydrogens (primary N) is 1. The number of fused-ring (bicyclic) bond motifs is 1. The van der Waals surface area contributed by atoms with Gasteiger partial charge in [0.2, 0.25) is 5.90 Å². The van der Waals surface area contributed by atoms with Crippen LogP contribution in [0.15, 0.2) is 28.5 Å². The highest BCUT2D eigenvalue weighted by atomic mass is 16.5. The van der Waals surface area contributed by atoms with E-state index in [2.05, 4.69) is 31.1 Å². The topological polar surface area (TPSA) is 50.8 Å². The molecule has 2 aliphatic rings. The molecule has 0 fully saturated rings. The number of methoxy groups -OCH3 is 1. The van der Waals surface area contributed by atoms with Crippen LogP contribution in [-0.2, 0) is 4.74 Å². The Morgan fingerprint density at radius 2 is 2.20 bits per heavy atom. The van der Waals surface area contributed by atoms with Crippen molar-refractivity contribution in [1.82, 2.24) is 5.01 Å². The van der Waals surface area contributed by atoms with Crippen LogP contribution in [0, 0.1) is 0 Å². The van der Waals surface area contributed by atoms with Crippen LogP contribution in [-0.4, -0.2) is 29.6 Å². The second-order valence-electron chi connectivity index (χ2n) is 4.26. The van der Waals surface area contributed by atoms with Crippen LogP contribution in [0.1, 0.15) is 20.8 Å². The first-order valence-electron chi connectivity index (χ1n) is 5.05. The van der Waals surface area contributed by atoms with Crippen molar-refractivity contribution >= 4 is 5.90 Å². The second kappa shape index (κ2) is 3.10. The lowest BCUT2D eigenvalue weighted by atomic mass is 9.89. The summed E-state index contributed by atoms with van der Waals surface area (Å²) in [4.78, 5) is 0. The van der Waals surface area contributed by atoms with Gasteiger partial charge in [0.15, 0.2) is 0 Å². The average Bonchev–Trinajstić information content (AvgIpc) is 2.48. The number of allylic oxidation sites excluding steroid dienone is 3. The van der Waals surface area contributed by atoms with Crippen molar-refractivity contribution in [3.8, 4) is 0 Å². The molecule has 2 aliphatic heterocycles. The van der Waals surface area contributed by atoms with Gasteiger partial charge in [-0.2, -0.15) is 0 Å². The summed E-state index contributed by atoms with van der Waals surface area (Å²) in [5.41, 5.74) is 8.17. The maximum absolute atomic E-state index is 6.11. The Morgan fingerprint density at radius 1 is 1.53 bits per heavy atom. The molecule has 0 saturated heterocycles. The minimum atomic E-state index is -0.283. The lowest BCUT2D eigenvalue weighted by Gasteiger charge is -2.37. The molecule has 2 heterocycles. The van der Waals surface area contributed by atoms with Crippen molar-refractivity contribution in [2.45, 2.75) is 32.4 Å². The van der Waals surface area contributed by atoms with E-state index in [1.165, 1.54) is 5.57 Å². The van der Waals surface area contributed by atoms with E-state index in [1.807, 2.05) is 11.9 Å². The Morgan fingerprint density at radius 3 is 2.80 bits per heavy atom. The Bertz CT molecular complexity index is 383. The number of rotatable bonds is 0. The first kappa shape index (κ1) is 10.2. The van der Waals surface area contributed by atoms with Crippen molar-refractivity contribution < 1.29 is 4.74 Å². The van der Waals surface area contributed by atoms with Gasteiger partial charge in [-0.1, -0.05) is 12.2 Å². The molecule has 0 saturated carbocycles. The maximum Gasteiger partial charge on any atom is 0.226 e. The molecule has 2 atom stereocenters. The molecule has 0 spiro atoms. The molecular weight excluding hydrogens is 190 g/mol. The zero-order valence-electron chi connectivity index (χ0n) is 9.61. The fourth-order valence-corrected chi connectivity index (χ4v) is 2.01. The predicted molar refractivity (Wildman–Crippen MR) is 60.2 cm³/mol. The molecule has 2 rings (SSSR count).